The number of aromatic nitrogens is 3. The van der Waals surface area contributed by atoms with Crippen LogP contribution < -0.4 is 16.4 Å². The highest BCUT2D eigenvalue weighted by Crippen LogP contribution is 2.37. The van der Waals surface area contributed by atoms with Crippen molar-refractivity contribution in [3.8, 4) is 11.3 Å². The minimum Gasteiger partial charge on any atom is -0.363 e. The molecule has 2 aliphatic rings. The molecule has 10 heteroatoms. The van der Waals surface area contributed by atoms with E-state index in [9.17, 15) is 18.0 Å². The smallest absolute Gasteiger partial charge is 0.254 e. The number of nitrogens with zero attached hydrogens (tertiary/aromatic N) is 3. The number of hydrogen-bond donors (Lipinski definition) is 3. The number of rotatable bonds is 3. The Labute approximate surface area is 146 Å². The van der Waals surface area contributed by atoms with Crippen LogP contribution in [-0.2, 0) is 13.6 Å². The van der Waals surface area contributed by atoms with E-state index in [1.165, 1.54) is 10.9 Å². The van der Waals surface area contributed by atoms with Crippen LogP contribution in [0.3, 0.4) is 0 Å². The van der Waals surface area contributed by atoms with Crippen LogP contribution in [0.4, 0.5) is 19.0 Å². The monoisotopic (exact) mass is 366 g/mol. The maximum absolute atomic E-state index is 14.9. The molecular formula is C16H17F3N6O. The van der Waals surface area contributed by atoms with E-state index in [4.69, 9.17) is 5.73 Å². The Balaban J connectivity index is 1.78. The maximum Gasteiger partial charge on any atom is 0.254 e. The first-order chi connectivity index (χ1) is 12.2. The van der Waals surface area contributed by atoms with Crippen molar-refractivity contribution >= 4 is 11.7 Å². The number of nitrogens with two attached hydrogens (primary N) is 1. The molecule has 0 aromatic carbocycles. The second-order valence-electron chi connectivity index (χ2n) is 6.74. The van der Waals surface area contributed by atoms with Gasteiger partial charge < -0.3 is 16.4 Å². The van der Waals surface area contributed by atoms with E-state index in [-0.39, 0.29) is 29.2 Å². The van der Waals surface area contributed by atoms with Crippen molar-refractivity contribution in [3.63, 3.8) is 0 Å². The largest absolute Gasteiger partial charge is 0.363 e. The van der Waals surface area contributed by atoms with Gasteiger partial charge in [-0.15, -0.1) is 0 Å². The molecule has 1 fully saturated rings. The van der Waals surface area contributed by atoms with Gasteiger partial charge in [0, 0.05) is 55.8 Å². The molecule has 3 heterocycles. The molecule has 7 nitrogen and oxygen atoms in total. The molecular weight excluding hydrogens is 349 g/mol. The Bertz CT molecular complexity index is 896. The molecule has 0 spiro atoms. The summed E-state index contributed by atoms with van der Waals surface area (Å²) in [5, 5.41) is 9.33. The number of anilines is 1. The number of halogens is 3. The summed E-state index contributed by atoms with van der Waals surface area (Å²) in [7, 11) is 1.70. The van der Waals surface area contributed by atoms with Crippen molar-refractivity contribution in [3.05, 3.63) is 29.3 Å². The number of amides is 1. The van der Waals surface area contributed by atoms with E-state index < -0.39 is 42.6 Å². The van der Waals surface area contributed by atoms with Gasteiger partial charge in [0.15, 0.2) is 11.6 Å². The fraction of sp³-hybridized carbons (Fsp3) is 0.438. The normalized spacial score (nSPS) is 23.8. The molecule has 1 amide bonds. The Hall–Kier alpha value is -2.62. The van der Waals surface area contributed by atoms with Crippen molar-refractivity contribution in [2.75, 3.05) is 5.32 Å². The second-order valence-corrected chi connectivity index (χ2v) is 6.74. The summed E-state index contributed by atoms with van der Waals surface area (Å²) < 4.78 is 43.5. The van der Waals surface area contributed by atoms with Crippen molar-refractivity contribution < 1.29 is 18.0 Å². The van der Waals surface area contributed by atoms with Crippen LogP contribution in [0.1, 0.15) is 28.8 Å². The van der Waals surface area contributed by atoms with E-state index in [2.05, 4.69) is 20.7 Å². The zero-order valence-electron chi connectivity index (χ0n) is 13.9. The number of hydrogen-bond acceptors (Lipinski definition) is 5. The summed E-state index contributed by atoms with van der Waals surface area (Å²) >= 11 is 0. The van der Waals surface area contributed by atoms with E-state index in [1.807, 2.05) is 0 Å². The summed E-state index contributed by atoms with van der Waals surface area (Å²) in [6.45, 7) is 0.0113. The summed E-state index contributed by atoms with van der Waals surface area (Å²) in [5.41, 5.74) is 6.85. The third-order valence-electron chi connectivity index (χ3n) is 4.76. The van der Waals surface area contributed by atoms with E-state index in [1.54, 1.807) is 13.2 Å². The van der Waals surface area contributed by atoms with E-state index >= 15 is 0 Å². The molecule has 0 unspecified atom stereocenters. The first-order valence-corrected chi connectivity index (χ1v) is 8.15. The van der Waals surface area contributed by atoms with Crippen LogP contribution in [0, 0.1) is 5.82 Å². The Kier molecular flexibility index (Phi) is 3.69. The van der Waals surface area contributed by atoms with Gasteiger partial charge in [0.2, 0.25) is 0 Å². The Morgan fingerprint density at radius 2 is 2.19 bits per heavy atom. The fourth-order valence-electron chi connectivity index (χ4n) is 3.51. The summed E-state index contributed by atoms with van der Waals surface area (Å²) in [4.78, 5) is 16.4. The number of fused-ring (bicyclic) bond motifs is 1. The quantitative estimate of drug-likeness (QED) is 0.763. The van der Waals surface area contributed by atoms with E-state index in [0.29, 0.717) is 5.56 Å². The number of carbonyl (C=O) groups excluding carboxylic acids is 1. The molecule has 0 radical (unpaired) electrons. The van der Waals surface area contributed by atoms with Gasteiger partial charge in [0.05, 0.1) is 17.5 Å². The third kappa shape index (κ3) is 2.70. The van der Waals surface area contributed by atoms with Crippen LogP contribution in [0.15, 0.2) is 12.4 Å². The lowest BCUT2D eigenvalue weighted by Crippen LogP contribution is -2.36. The molecule has 1 aliphatic carbocycles. The lowest BCUT2D eigenvalue weighted by atomic mass is 10.0. The van der Waals surface area contributed by atoms with Gasteiger partial charge in [-0.05, 0) is 0 Å². The predicted molar refractivity (Wildman–Crippen MR) is 87.1 cm³/mol. The second kappa shape index (κ2) is 5.70. The fourth-order valence-corrected chi connectivity index (χ4v) is 3.51. The van der Waals surface area contributed by atoms with Crippen LogP contribution in [-0.4, -0.2) is 38.7 Å². The number of alkyl halides is 2. The molecule has 1 saturated carbocycles. The van der Waals surface area contributed by atoms with Crippen LogP contribution in [0.25, 0.3) is 11.3 Å². The Morgan fingerprint density at radius 3 is 2.81 bits per heavy atom. The molecule has 26 heavy (non-hydrogen) atoms. The van der Waals surface area contributed by atoms with Gasteiger partial charge in [0.25, 0.3) is 11.8 Å². The van der Waals surface area contributed by atoms with Crippen LogP contribution in [0.2, 0.25) is 0 Å². The van der Waals surface area contributed by atoms with E-state index in [0.717, 1.165) is 0 Å². The van der Waals surface area contributed by atoms with Gasteiger partial charge in [0.1, 0.15) is 0 Å². The average molecular weight is 366 g/mol. The van der Waals surface area contributed by atoms with Crippen LogP contribution >= 0.6 is 0 Å². The standard InChI is InChI=1S/C16H17F3N6O/c1-25-6-7(4-22-25)13-11-8(5-21-15(11)26)12(17)14(24-13)23-10-3-16(18,19)2-9(10)20/h4,6,9-10H,2-3,5,20H2,1H3,(H,21,26)(H,23,24)/t9-,10+/m0/s1. The summed E-state index contributed by atoms with van der Waals surface area (Å²) in [6.07, 6.45) is 2.19. The van der Waals surface area contributed by atoms with Crippen molar-refractivity contribution in [2.24, 2.45) is 12.8 Å². The molecule has 0 bridgehead atoms. The third-order valence-corrected chi connectivity index (χ3v) is 4.76. The molecule has 138 valence electrons. The van der Waals surface area contributed by atoms with Crippen molar-refractivity contribution in [1.82, 2.24) is 20.1 Å². The lowest BCUT2D eigenvalue weighted by molar-refractivity contribution is 0.00733. The van der Waals surface area contributed by atoms with Gasteiger partial charge in [-0.25, -0.2) is 18.2 Å². The molecule has 2 aromatic rings. The number of pyridine rings is 1. The average Bonchev–Trinajstić information content (AvgIpc) is 3.21. The summed E-state index contributed by atoms with van der Waals surface area (Å²) in [5.74, 6) is -4.24. The first-order valence-electron chi connectivity index (χ1n) is 8.15. The Morgan fingerprint density at radius 1 is 1.42 bits per heavy atom. The van der Waals surface area contributed by atoms with Gasteiger partial charge in [-0.3, -0.25) is 9.48 Å². The van der Waals surface area contributed by atoms with Crippen LogP contribution in [0.5, 0.6) is 0 Å². The zero-order chi connectivity index (χ0) is 18.6. The number of carbonyl (C=O) groups is 1. The van der Waals surface area contributed by atoms with Gasteiger partial charge in [-0.2, -0.15) is 5.10 Å². The SMILES string of the molecule is Cn1cc(-c2nc(N[C@@H]3CC(F)(F)C[C@@H]3N)c(F)c3c2C(=O)NC3)cn1. The molecule has 0 saturated heterocycles. The maximum atomic E-state index is 14.9. The zero-order valence-corrected chi connectivity index (χ0v) is 13.9. The number of aryl methyl sites for hydroxylation is 1. The molecule has 2 atom stereocenters. The lowest BCUT2D eigenvalue weighted by Gasteiger charge is -2.19. The highest BCUT2D eigenvalue weighted by atomic mass is 19.3. The summed E-state index contributed by atoms with van der Waals surface area (Å²) in [6, 6.07) is -1.63. The predicted octanol–water partition coefficient (Wildman–Crippen LogP) is 1.40. The minimum atomic E-state index is -2.89. The minimum absolute atomic E-state index is 0.0113. The molecule has 1 aliphatic heterocycles. The van der Waals surface area contributed by atoms with Crippen molar-refractivity contribution in [1.29, 1.82) is 0 Å². The van der Waals surface area contributed by atoms with Gasteiger partial charge in [-0.1, -0.05) is 0 Å². The first kappa shape index (κ1) is 16.8. The molecule has 4 rings (SSSR count). The topological polar surface area (TPSA) is 97.9 Å². The highest BCUT2D eigenvalue weighted by Gasteiger charge is 2.45. The molecule has 4 N–H and O–H groups in total. The number of nitrogens with one attached hydrogen (secondary N) is 2. The van der Waals surface area contributed by atoms with Crippen molar-refractivity contribution in [2.45, 2.75) is 37.4 Å². The molecule has 2 aromatic heterocycles. The van der Waals surface area contributed by atoms with Gasteiger partial charge >= 0.3 is 0 Å². The highest BCUT2D eigenvalue weighted by molar-refractivity contribution is 6.04.